The van der Waals surface area contributed by atoms with Crippen molar-refractivity contribution >= 4 is 53.4 Å². The molecule has 0 saturated heterocycles. The van der Waals surface area contributed by atoms with Gasteiger partial charge in [-0.1, -0.05) is 56.0 Å². The van der Waals surface area contributed by atoms with Crippen LogP contribution in [0.1, 0.15) is 131 Å². The van der Waals surface area contributed by atoms with Gasteiger partial charge in [0, 0.05) is 43.9 Å². The molecular formula is C52H80N8O11. The van der Waals surface area contributed by atoms with Crippen molar-refractivity contribution in [1.29, 1.82) is 0 Å². The zero-order chi connectivity index (χ0) is 51.8. The quantitative estimate of drug-likeness (QED) is 0.0782. The maximum atomic E-state index is 13.5. The van der Waals surface area contributed by atoms with Crippen LogP contribution in [-0.2, 0) is 54.4 Å². The molecule has 5 rings (SSSR count). The average molecular weight is 993 g/mol. The molecule has 12 atom stereocenters. The fourth-order valence-electron chi connectivity index (χ4n) is 10.6. The molecule has 8 N–H and O–H groups in total. The fourth-order valence-corrected chi connectivity index (χ4v) is 10.6. The SMILES string of the molecule is C[C@@H](NC(=O)OC(C)(C)C)C(=O)NC[C@@H]1CCC[C@H]1C(=O)N[C@H](C)C(=O)NC[C@@H]1CCC[C@H]1C(=O)N[C@H](C)C(=O)NC[C@@H]1CCC[C@H]1C(=O)N[C@H](C)C(=O)NC[C@@H]1CCC[C@H]1C(=O)OCc1ccccc1. The zero-order valence-corrected chi connectivity index (χ0v) is 42.8. The topological polar surface area (TPSA) is 268 Å². The molecule has 19 nitrogen and oxygen atoms in total. The number of esters is 1. The van der Waals surface area contributed by atoms with Gasteiger partial charge in [-0.25, -0.2) is 4.79 Å². The summed E-state index contributed by atoms with van der Waals surface area (Å²) in [5.74, 6) is -4.58. The van der Waals surface area contributed by atoms with Crippen molar-refractivity contribution in [2.45, 2.75) is 162 Å². The largest absolute Gasteiger partial charge is 0.461 e. The summed E-state index contributed by atoms with van der Waals surface area (Å²) in [6.07, 6.45) is 8.01. The highest BCUT2D eigenvalue weighted by molar-refractivity contribution is 5.91. The number of amides is 8. The Kier molecular flexibility index (Phi) is 21.1. The van der Waals surface area contributed by atoms with Crippen LogP contribution in [0.25, 0.3) is 0 Å². The Bertz CT molecular complexity index is 2030. The Labute approximate surface area is 418 Å². The van der Waals surface area contributed by atoms with E-state index in [2.05, 4.69) is 42.5 Å². The molecule has 19 heteroatoms. The smallest absolute Gasteiger partial charge is 0.408 e. The molecule has 0 radical (unpaired) electrons. The third-order valence-corrected chi connectivity index (χ3v) is 14.7. The highest BCUT2D eigenvalue weighted by atomic mass is 16.6. The van der Waals surface area contributed by atoms with Gasteiger partial charge in [-0.15, -0.1) is 0 Å². The van der Waals surface area contributed by atoms with Gasteiger partial charge in [0.1, 0.15) is 36.4 Å². The molecule has 0 bridgehead atoms. The number of hydrogen-bond acceptors (Lipinski definition) is 11. The van der Waals surface area contributed by atoms with Gasteiger partial charge in [0.15, 0.2) is 0 Å². The number of carbonyl (C=O) groups excluding carboxylic acids is 9. The van der Waals surface area contributed by atoms with Gasteiger partial charge in [0.05, 0.1) is 5.92 Å². The van der Waals surface area contributed by atoms with Crippen LogP contribution in [0.4, 0.5) is 4.79 Å². The molecule has 4 fully saturated rings. The standard InChI is InChI=1S/C52H80N8O11/c1-30(43(61)54-26-36-18-12-22-40(36)48(66)59-32(3)45(63)56-28-38-20-14-24-42(38)50(68)70-29-34-15-9-8-10-16-34)57-47(65)39-21-11-17-35(39)25-53-44(62)31(2)58-49(67)41-23-13-19-37(41)27-55-46(64)33(4)60-51(69)71-52(5,6)7/h8-10,15-16,30-33,35-42H,11-14,17-29H2,1-7H3,(H,53,62)(H,54,61)(H,55,64)(H,56,63)(H,57,65)(H,58,67)(H,59,66)(H,60,69)/t30-,31-,32-,33-,35+,36+,37+,38+,39-,40-,41-,42-/m1/s1. The van der Waals surface area contributed by atoms with E-state index in [1.807, 2.05) is 30.3 Å². The zero-order valence-electron chi connectivity index (χ0n) is 42.8. The summed E-state index contributed by atoms with van der Waals surface area (Å²) in [6, 6.07) is 6.16. The summed E-state index contributed by atoms with van der Waals surface area (Å²) >= 11 is 0. The lowest BCUT2D eigenvalue weighted by Gasteiger charge is -2.25. The number of nitrogens with one attached hydrogen (secondary N) is 8. The maximum Gasteiger partial charge on any atom is 0.408 e. The van der Waals surface area contributed by atoms with Crippen molar-refractivity contribution in [2.75, 3.05) is 26.2 Å². The first-order valence-electron chi connectivity index (χ1n) is 25.9. The van der Waals surface area contributed by atoms with E-state index >= 15 is 0 Å². The highest BCUT2D eigenvalue weighted by Gasteiger charge is 2.39. The number of ether oxygens (including phenoxy) is 2. The molecule has 8 amide bonds. The Morgan fingerprint density at radius 2 is 0.803 bits per heavy atom. The number of rotatable bonds is 22. The van der Waals surface area contributed by atoms with Gasteiger partial charge < -0.3 is 52.0 Å². The third kappa shape index (κ3) is 17.2. The Hall–Kier alpha value is -5.75. The van der Waals surface area contributed by atoms with E-state index < -0.39 is 59.5 Å². The third-order valence-electron chi connectivity index (χ3n) is 14.7. The normalized spacial score (nSPS) is 25.6. The van der Waals surface area contributed by atoms with E-state index in [1.54, 1.807) is 48.5 Å². The van der Waals surface area contributed by atoms with Crippen LogP contribution in [0.5, 0.6) is 0 Å². The van der Waals surface area contributed by atoms with E-state index in [1.165, 1.54) is 0 Å². The summed E-state index contributed by atoms with van der Waals surface area (Å²) in [5.41, 5.74) is 0.204. The second kappa shape index (κ2) is 26.6. The number of hydrogen-bond donors (Lipinski definition) is 8. The average Bonchev–Trinajstić information content (AvgIpc) is 4.18. The van der Waals surface area contributed by atoms with Gasteiger partial charge >= 0.3 is 12.1 Å². The molecule has 0 spiro atoms. The van der Waals surface area contributed by atoms with Gasteiger partial charge in [0.25, 0.3) is 0 Å². The Morgan fingerprint density at radius 3 is 1.15 bits per heavy atom. The molecule has 71 heavy (non-hydrogen) atoms. The van der Waals surface area contributed by atoms with Crippen LogP contribution >= 0.6 is 0 Å². The first-order chi connectivity index (χ1) is 33.7. The van der Waals surface area contributed by atoms with Crippen LogP contribution in [0.3, 0.4) is 0 Å². The molecule has 4 aliphatic carbocycles. The predicted octanol–water partition coefficient (Wildman–Crippen LogP) is 3.29. The van der Waals surface area contributed by atoms with E-state index in [4.69, 9.17) is 9.47 Å². The summed E-state index contributed by atoms with van der Waals surface area (Å²) in [5, 5.41) is 22.6. The molecule has 4 aliphatic rings. The van der Waals surface area contributed by atoms with Crippen LogP contribution < -0.4 is 42.5 Å². The van der Waals surface area contributed by atoms with Crippen molar-refractivity contribution in [2.24, 2.45) is 47.3 Å². The van der Waals surface area contributed by atoms with E-state index in [9.17, 15) is 43.2 Å². The van der Waals surface area contributed by atoms with Crippen molar-refractivity contribution in [3.05, 3.63) is 35.9 Å². The number of alkyl carbamates (subject to hydrolysis) is 1. The highest BCUT2D eigenvalue weighted by Crippen LogP contribution is 2.35. The monoisotopic (exact) mass is 993 g/mol. The van der Waals surface area contributed by atoms with E-state index in [0.717, 1.165) is 50.5 Å². The molecule has 0 heterocycles. The number of carbonyl (C=O) groups is 9. The molecule has 0 aliphatic heterocycles. The second-order valence-corrected chi connectivity index (χ2v) is 21.3. The Balaban J connectivity index is 0.976. The minimum Gasteiger partial charge on any atom is -0.461 e. The summed E-state index contributed by atoms with van der Waals surface area (Å²) in [6.45, 7) is 12.8. The van der Waals surface area contributed by atoms with Gasteiger partial charge in [-0.2, -0.15) is 0 Å². The van der Waals surface area contributed by atoms with Crippen molar-refractivity contribution in [3.63, 3.8) is 0 Å². The van der Waals surface area contributed by atoms with Crippen LogP contribution in [0, 0.1) is 47.3 Å². The van der Waals surface area contributed by atoms with Crippen molar-refractivity contribution in [3.8, 4) is 0 Å². The lowest BCUT2D eigenvalue weighted by Crippen LogP contribution is -2.51. The molecule has 394 valence electrons. The Morgan fingerprint density at radius 1 is 0.479 bits per heavy atom. The maximum absolute atomic E-state index is 13.5. The minimum atomic E-state index is -0.846. The lowest BCUT2D eigenvalue weighted by atomic mass is 9.94. The number of benzene rings is 1. The van der Waals surface area contributed by atoms with Crippen molar-refractivity contribution < 1.29 is 52.6 Å². The molecule has 0 aromatic heterocycles. The molecule has 1 aromatic carbocycles. The van der Waals surface area contributed by atoms with Crippen LogP contribution in [-0.4, -0.2) is 109 Å². The fraction of sp³-hybridized carbons (Fsp3) is 0.712. The second-order valence-electron chi connectivity index (χ2n) is 21.3. The first kappa shape index (κ1) is 56.2. The van der Waals surface area contributed by atoms with Gasteiger partial charge in [-0.3, -0.25) is 38.4 Å². The molecule has 0 unspecified atom stereocenters. The minimum absolute atomic E-state index is 0.0495. The molecular weight excluding hydrogens is 913 g/mol. The first-order valence-corrected chi connectivity index (χ1v) is 25.9. The van der Waals surface area contributed by atoms with E-state index in [0.29, 0.717) is 38.6 Å². The van der Waals surface area contributed by atoms with Gasteiger partial charge in [-0.05, 0) is 129 Å². The summed E-state index contributed by atoms with van der Waals surface area (Å²) < 4.78 is 10.8. The molecule has 4 saturated carbocycles. The molecule has 1 aromatic rings. The van der Waals surface area contributed by atoms with Crippen molar-refractivity contribution in [1.82, 2.24) is 42.5 Å². The lowest BCUT2D eigenvalue weighted by molar-refractivity contribution is -0.151. The summed E-state index contributed by atoms with van der Waals surface area (Å²) in [7, 11) is 0. The van der Waals surface area contributed by atoms with Crippen LogP contribution in [0.2, 0.25) is 0 Å². The predicted molar refractivity (Wildman–Crippen MR) is 263 cm³/mol. The van der Waals surface area contributed by atoms with Crippen LogP contribution in [0.15, 0.2) is 30.3 Å². The summed E-state index contributed by atoms with van der Waals surface area (Å²) in [4.78, 5) is 117. The van der Waals surface area contributed by atoms with E-state index in [-0.39, 0.29) is 97.2 Å². The van der Waals surface area contributed by atoms with Gasteiger partial charge in [0.2, 0.25) is 41.4 Å².